The molecule has 1 aromatic rings. The minimum absolute atomic E-state index is 0.0465. The zero-order valence-corrected chi connectivity index (χ0v) is 10.3. The van der Waals surface area contributed by atoms with Crippen molar-refractivity contribution in [2.75, 3.05) is 0 Å². The molecule has 1 atom stereocenters. The van der Waals surface area contributed by atoms with E-state index in [2.05, 4.69) is 17.2 Å². The van der Waals surface area contributed by atoms with Crippen LogP contribution in [0.15, 0.2) is 12.4 Å². The lowest BCUT2D eigenvalue weighted by molar-refractivity contribution is -0.158. The van der Waals surface area contributed by atoms with Gasteiger partial charge in [-0.15, -0.1) is 0 Å². The van der Waals surface area contributed by atoms with Crippen molar-refractivity contribution >= 4 is 17.2 Å². The topological polar surface area (TPSA) is 43.8 Å². The molecule has 17 heavy (non-hydrogen) atoms. The second-order valence-corrected chi connectivity index (χ2v) is 4.56. The maximum absolute atomic E-state index is 12.7. The molecule has 0 bridgehead atoms. The van der Waals surface area contributed by atoms with Crippen LogP contribution in [0, 0.1) is 5.92 Å². The van der Waals surface area contributed by atoms with Gasteiger partial charge in [-0.2, -0.15) is 13.2 Å². The lowest BCUT2D eigenvalue weighted by Gasteiger charge is -2.21. The summed E-state index contributed by atoms with van der Waals surface area (Å²) < 4.78 is 39.5. The van der Waals surface area contributed by atoms with Gasteiger partial charge in [-0.3, -0.25) is 0 Å². The maximum atomic E-state index is 12.7. The van der Waals surface area contributed by atoms with Crippen LogP contribution >= 0.6 is 12.2 Å². The molecule has 0 saturated heterocycles. The lowest BCUT2D eigenvalue weighted by atomic mass is 10.1. The summed E-state index contributed by atoms with van der Waals surface area (Å²) in [6.45, 7) is 3.41. The van der Waals surface area contributed by atoms with Gasteiger partial charge in [0, 0.05) is 24.9 Å². The second-order valence-electron chi connectivity index (χ2n) is 4.09. The molecule has 0 aliphatic carbocycles. The number of nitrogens with two attached hydrogens (primary N) is 1. The number of hydrogen-bond donors (Lipinski definition) is 1. The normalized spacial score (nSPS) is 14.0. The fourth-order valence-corrected chi connectivity index (χ4v) is 1.74. The van der Waals surface area contributed by atoms with Crippen LogP contribution in [0.4, 0.5) is 13.2 Å². The van der Waals surface area contributed by atoms with Crippen molar-refractivity contribution in [3.63, 3.8) is 0 Å². The minimum Gasteiger partial charge on any atom is -0.393 e. The third kappa shape index (κ3) is 3.42. The van der Waals surface area contributed by atoms with E-state index < -0.39 is 17.1 Å². The van der Waals surface area contributed by atoms with E-state index in [1.807, 2.05) is 13.8 Å². The monoisotopic (exact) mass is 265 g/mol. The highest BCUT2D eigenvalue weighted by atomic mass is 32.1. The van der Waals surface area contributed by atoms with Crippen LogP contribution in [-0.2, 0) is 6.54 Å². The molecule has 0 saturated carbocycles. The summed E-state index contributed by atoms with van der Waals surface area (Å²) in [6, 6.07) is 0. The maximum Gasteiger partial charge on any atom is 0.399 e. The van der Waals surface area contributed by atoms with Crippen molar-refractivity contribution in [2.24, 2.45) is 11.7 Å². The highest BCUT2D eigenvalue weighted by Crippen LogP contribution is 2.28. The van der Waals surface area contributed by atoms with E-state index in [1.54, 1.807) is 0 Å². The fourth-order valence-electron chi connectivity index (χ4n) is 1.53. The van der Waals surface area contributed by atoms with E-state index in [4.69, 9.17) is 5.73 Å². The smallest absolute Gasteiger partial charge is 0.393 e. The molecule has 0 aromatic carbocycles. The first-order chi connectivity index (χ1) is 7.73. The van der Waals surface area contributed by atoms with Crippen molar-refractivity contribution in [3.8, 4) is 0 Å². The first-order valence-corrected chi connectivity index (χ1v) is 5.51. The van der Waals surface area contributed by atoms with Gasteiger partial charge in [-0.25, -0.2) is 4.98 Å². The van der Waals surface area contributed by atoms with Crippen LogP contribution in [0.1, 0.15) is 25.6 Å². The van der Waals surface area contributed by atoms with Crippen molar-refractivity contribution in [2.45, 2.75) is 32.5 Å². The van der Waals surface area contributed by atoms with E-state index in [0.29, 0.717) is 5.82 Å². The SMILES string of the molecule is CC(C)c1nccn1CC(C(N)=S)C(F)(F)F. The van der Waals surface area contributed by atoms with E-state index in [0.717, 1.165) is 0 Å². The Hall–Kier alpha value is -1.11. The average Bonchev–Trinajstić information content (AvgIpc) is 2.59. The van der Waals surface area contributed by atoms with Crippen LogP contribution in [0.2, 0.25) is 0 Å². The molecule has 0 spiro atoms. The second kappa shape index (κ2) is 5.03. The van der Waals surface area contributed by atoms with Gasteiger partial charge < -0.3 is 10.3 Å². The molecule has 1 unspecified atom stereocenters. The van der Waals surface area contributed by atoms with Crippen LogP contribution in [-0.4, -0.2) is 20.7 Å². The number of hydrogen-bond acceptors (Lipinski definition) is 2. The summed E-state index contributed by atoms with van der Waals surface area (Å²) in [5, 5.41) is 0. The fraction of sp³-hybridized carbons (Fsp3) is 0.600. The van der Waals surface area contributed by atoms with Crippen molar-refractivity contribution in [1.29, 1.82) is 0 Å². The van der Waals surface area contributed by atoms with E-state index >= 15 is 0 Å². The summed E-state index contributed by atoms with van der Waals surface area (Å²) in [5.74, 6) is -1.18. The first kappa shape index (κ1) is 14.0. The van der Waals surface area contributed by atoms with Crippen molar-refractivity contribution in [3.05, 3.63) is 18.2 Å². The number of rotatable bonds is 4. The molecule has 96 valence electrons. The van der Waals surface area contributed by atoms with Crippen LogP contribution in [0.25, 0.3) is 0 Å². The Kier molecular flexibility index (Phi) is 4.13. The zero-order chi connectivity index (χ0) is 13.2. The number of nitrogens with zero attached hydrogens (tertiary/aromatic N) is 2. The van der Waals surface area contributed by atoms with Crippen LogP contribution < -0.4 is 5.73 Å². The molecule has 0 fully saturated rings. The Bertz CT molecular complexity index is 398. The molecule has 1 rings (SSSR count). The molecule has 1 heterocycles. The summed E-state index contributed by atoms with van der Waals surface area (Å²) in [4.78, 5) is 3.48. The van der Waals surface area contributed by atoms with Crippen molar-refractivity contribution < 1.29 is 13.2 Å². The highest BCUT2D eigenvalue weighted by Gasteiger charge is 2.42. The molecule has 2 N–H and O–H groups in total. The Morgan fingerprint density at radius 3 is 2.53 bits per heavy atom. The predicted octanol–water partition coefficient (Wildman–Crippen LogP) is 2.47. The molecule has 1 aromatic heterocycles. The van der Waals surface area contributed by atoms with Gasteiger partial charge in [0.25, 0.3) is 0 Å². The number of alkyl halides is 3. The summed E-state index contributed by atoms with van der Waals surface area (Å²) >= 11 is 4.47. The van der Waals surface area contributed by atoms with Gasteiger partial charge in [-0.05, 0) is 0 Å². The van der Waals surface area contributed by atoms with Gasteiger partial charge in [0.05, 0.1) is 4.99 Å². The Morgan fingerprint density at radius 1 is 1.53 bits per heavy atom. The molecule has 0 radical (unpaired) electrons. The largest absolute Gasteiger partial charge is 0.399 e. The third-order valence-electron chi connectivity index (χ3n) is 2.38. The standard InChI is InChI=1S/C10H14F3N3S/c1-6(2)9-15-3-4-16(9)5-7(8(14)17)10(11,12)13/h3-4,6-7H,5H2,1-2H3,(H2,14,17). The Balaban J connectivity index is 2.95. The van der Waals surface area contributed by atoms with Gasteiger partial charge >= 0.3 is 6.18 Å². The van der Waals surface area contributed by atoms with Gasteiger partial charge in [0.2, 0.25) is 0 Å². The third-order valence-corrected chi connectivity index (χ3v) is 2.67. The van der Waals surface area contributed by atoms with Crippen molar-refractivity contribution in [1.82, 2.24) is 9.55 Å². The molecule has 0 aliphatic heterocycles. The Morgan fingerprint density at radius 2 is 2.12 bits per heavy atom. The number of imidazole rings is 1. The van der Waals surface area contributed by atoms with Gasteiger partial charge in [0.1, 0.15) is 11.7 Å². The summed E-state index contributed by atoms with van der Waals surface area (Å²) in [5.41, 5.74) is 5.14. The quantitative estimate of drug-likeness (QED) is 0.850. The molecule has 0 aliphatic rings. The van der Waals surface area contributed by atoms with E-state index in [9.17, 15) is 13.2 Å². The predicted molar refractivity (Wildman–Crippen MR) is 62.6 cm³/mol. The van der Waals surface area contributed by atoms with E-state index in [-0.39, 0.29) is 12.5 Å². The molecule has 7 heteroatoms. The average molecular weight is 265 g/mol. The Labute approximate surface area is 103 Å². The summed E-state index contributed by atoms with van der Waals surface area (Å²) in [7, 11) is 0. The highest BCUT2D eigenvalue weighted by molar-refractivity contribution is 7.80. The number of thiocarbonyl (C=S) groups is 1. The molecule has 3 nitrogen and oxygen atoms in total. The van der Waals surface area contributed by atoms with Gasteiger partial charge in [0.15, 0.2) is 0 Å². The van der Waals surface area contributed by atoms with Crippen LogP contribution in [0.5, 0.6) is 0 Å². The van der Waals surface area contributed by atoms with Crippen LogP contribution in [0.3, 0.4) is 0 Å². The molecule has 0 amide bonds. The van der Waals surface area contributed by atoms with Gasteiger partial charge in [-0.1, -0.05) is 26.1 Å². The zero-order valence-electron chi connectivity index (χ0n) is 9.53. The first-order valence-electron chi connectivity index (χ1n) is 5.10. The number of halogens is 3. The van der Waals surface area contributed by atoms with E-state index in [1.165, 1.54) is 17.0 Å². The molecular formula is C10H14F3N3S. The number of aromatic nitrogens is 2. The minimum atomic E-state index is -4.43. The lowest BCUT2D eigenvalue weighted by Crippen LogP contribution is -2.37. The molecular weight excluding hydrogens is 251 g/mol. The summed E-state index contributed by atoms with van der Waals surface area (Å²) in [6.07, 6.45) is -1.45.